The van der Waals surface area contributed by atoms with Gasteiger partial charge in [0.25, 0.3) is 0 Å². The Morgan fingerprint density at radius 2 is 1.83 bits per heavy atom. The maximum absolute atomic E-state index is 11.9. The molecule has 0 radical (unpaired) electrons. The van der Waals surface area contributed by atoms with Gasteiger partial charge in [-0.25, -0.2) is 4.79 Å². The van der Waals surface area contributed by atoms with E-state index in [9.17, 15) is 4.79 Å². The number of rotatable bonds is 5. The van der Waals surface area contributed by atoms with Gasteiger partial charge in [0.05, 0.1) is 12.3 Å². The van der Waals surface area contributed by atoms with Crippen molar-refractivity contribution >= 4 is 11.8 Å². The molecule has 2 fully saturated rings. The third-order valence-electron chi connectivity index (χ3n) is 5.31. The van der Waals surface area contributed by atoms with Gasteiger partial charge in [0.2, 0.25) is 0 Å². The molecule has 2 saturated heterocycles. The van der Waals surface area contributed by atoms with Crippen LogP contribution < -0.4 is 0 Å². The van der Waals surface area contributed by atoms with Gasteiger partial charge in [-0.1, -0.05) is 12.1 Å². The molecule has 0 aromatic rings. The molecule has 6 heteroatoms. The van der Waals surface area contributed by atoms with E-state index in [-0.39, 0.29) is 6.09 Å². The van der Waals surface area contributed by atoms with Gasteiger partial charge in [0.15, 0.2) is 0 Å². The van der Waals surface area contributed by atoms with Crippen molar-refractivity contribution in [2.45, 2.75) is 58.4 Å². The van der Waals surface area contributed by atoms with Crippen LogP contribution in [-0.4, -0.2) is 67.5 Å². The Kier molecular flexibility index (Phi) is 7.82. The van der Waals surface area contributed by atoms with E-state index in [1.54, 1.807) is 7.11 Å². The first-order valence-electron chi connectivity index (χ1n) is 9.45. The maximum atomic E-state index is 11.9. The topological polar surface area (TPSA) is 54.4 Å². The lowest BCUT2D eigenvalue weighted by molar-refractivity contribution is 0.105. The van der Waals surface area contributed by atoms with Gasteiger partial charge >= 0.3 is 6.09 Å². The standard InChI is InChI=1S/C18H33N3O3/c1-4-17(19-23-3)15-8-12-20(13-9-15)16-7-6-11-21(14-10-16)18(22)24-5-2/h15-16H,4-14H2,1-3H3. The van der Waals surface area contributed by atoms with E-state index >= 15 is 0 Å². The molecule has 0 spiro atoms. The highest BCUT2D eigenvalue weighted by Gasteiger charge is 2.29. The number of hydrogen-bond donors (Lipinski definition) is 0. The zero-order valence-electron chi connectivity index (χ0n) is 15.5. The molecule has 0 aliphatic carbocycles. The van der Waals surface area contributed by atoms with Crippen LogP contribution in [0, 0.1) is 5.92 Å². The summed E-state index contributed by atoms with van der Waals surface area (Å²) in [5.74, 6) is 0.563. The van der Waals surface area contributed by atoms with Crippen LogP contribution in [-0.2, 0) is 9.57 Å². The average Bonchev–Trinajstić information content (AvgIpc) is 2.86. The zero-order chi connectivity index (χ0) is 17.4. The summed E-state index contributed by atoms with van der Waals surface area (Å²) >= 11 is 0. The highest BCUT2D eigenvalue weighted by molar-refractivity contribution is 5.86. The first kappa shape index (κ1) is 19.0. The van der Waals surface area contributed by atoms with Gasteiger partial charge in [0.1, 0.15) is 7.11 Å². The lowest BCUT2D eigenvalue weighted by atomic mass is 9.89. The van der Waals surface area contributed by atoms with Crippen molar-refractivity contribution in [3.63, 3.8) is 0 Å². The second-order valence-electron chi connectivity index (χ2n) is 6.70. The molecule has 1 unspecified atom stereocenters. The van der Waals surface area contributed by atoms with Gasteiger partial charge in [-0.3, -0.25) is 0 Å². The number of oxime groups is 1. The molecule has 0 aromatic heterocycles. The Hall–Kier alpha value is -1.30. The van der Waals surface area contributed by atoms with Crippen molar-refractivity contribution in [2.75, 3.05) is 39.9 Å². The van der Waals surface area contributed by atoms with E-state index in [0.29, 0.717) is 18.6 Å². The van der Waals surface area contributed by atoms with Crippen LogP contribution in [0.25, 0.3) is 0 Å². The number of hydrogen-bond acceptors (Lipinski definition) is 5. The third kappa shape index (κ3) is 5.10. The lowest BCUT2D eigenvalue weighted by Gasteiger charge is -2.37. The molecular formula is C18H33N3O3. The molecule has 2 rings (SSSR count). The number of nitrogens with zero attached hydrogens (tertiary/aromatic N) is 3. The number of ether oxygens (including phenoxy) is 1. The van der Waals surface area contributed by atoms with Crippen molar-refractivity contribution < 1.29 is 14.4 Å². The SMILES string of the molecule is CCOC(=O)N1CCCC(N2CCC(C(CC)=NOC)CC2)CC1. The van der Waals surface area contributed by atoms with Crippen molar-refractivity contribution in [2.24, 2.45) is 11.1 Å². The van der Waals surface area contributed by atoms with Crippen LogP contribution in [0.4, 0.5) is 4.79 Å². The Balaban J connectivity index is 1.82. The minimum absolute atomic E-state index is 0.153. The zero-order valence-corrected chi connectivity index (χ0v) is 15.5. The van der Waals surface area contributed by atoms with Gasteiger partial charge in [-0.2, -0.15) is 0 Å². The van der Waals surface area contributed by atoms with E-state index in [1.807, 2.05) is 11.8 Å². The molecule has 24 heavy (non-hydrogen) atoms. The predicted molar refractivity (Wildman–Crippen MR) is 95.3 cm³/mol. The van der Waals surface area contributed by atoms with Gasteiger partial charge < -0.3 is 19.4 Å². The molecule has 6 nitrogen and oxygen atoms in total. The molecule has 1 atom stereocenters. The summed E-state index contributed by atoms with van der Waals surface area (Å²) in [7, 11) is 1.63. The summed E-state index contributed by atoms with van der Waals surface area (Å²) in [5.41, 5.74) is 1.20. The van der Waals surface area contributed by atoms with Gasteiger partial charge in [-0.15, -0.1) is 0 Å². The second kappa shape index (κ2) is 9.87. The van der Waals surface area contributed by atoms with Crippen LogP contribution in [0.5, 0.6) is 0 Å². The van der Waals surface area contributed by atoms with E-state index in [4.69, 9.17) is 9.57 Å². The Labute approximate surface area is 146 Å². The number of carbonyl (C=O) groups is 1. The number of likely N-dealkylation sites (tertiary alicyclic amines) is 2. The smallest absolute Gasteiger partial charge is 0.409 e. The van der Waals surface area contributed by atoms with Crippen molar-refractivity contribution in [3.05, 3.63) is 0 Å². The Morgan fingerprint density at radius 3 is 2.46 bits per heavy atom. The lowest BCUT2D eigenvalue weighted by Crippen LogP contribution is -2.43. The summed E-state index contributed by atoms with van der Waals surface area (Å²) in [6.07, 6.45) is 6.43. The number of piperidine rings is 1. The first-order valence-corrected chi connectivity index (χ1v) is 9.45. The Morgan fingerprint density at radius 1 is 1.08 bits per heavy atom. The average molecular weight is 339 g/mol. The monoisotopic (exact) mass is 339 g/mol. The molecule has 2 aliphatic rings. The van der Waals surface area contributed by atoms with Gasteiger partial charge in [0, 0.05) is 25.0 Å². The quantitative estimate of drug-likeness (QED) is 0.570. The van der Waals surface area contributed by atoms with E-state index in [0.717, 1.165) is 58.3 Å². The fourth-order valence-corrected chi connectivity index (χ4v) is 3.98. The van der Waals surface area contributed by atoms with Gasteiger partial charge in [-0.05, 0) is 58.5 Å². The Bertz CT molecular complexity index is 420. The van der Waals surface area contributed by atoms with Crippen LogP contribution in [0.3, 0.4) is 0 Å². The van der Waals surface area contributed by atoms with Crippen LogP contribution in [0.1, 0.15) is 52.4 Å². The normalized spacial score (nSPS) is 24.5. The van der Waals surface area contributed by atoms with E-state index < -0.39 is 0 Å². The van der Waals surface area contributed by atoms with E-state index in [1.165, 1.54) is 12.1 Å². The van der Waals surface area contributed by atoms with Crippen molar-refractivity contribution in [3.8, 4) is 0 Å². The molecule has 0 N–H and O–H groups in total. The fourth-order valence-electron chi connectivity index (χ4n) is 3.98. The second-order valence-corrected chi connectivity index (χ2v) is 6.70. The molecule has 0 saturated carbocycles. The molecular weight excluding hydrogens is 306 g/mol. The highest BCUT2D eigenvalue weighted by atomic mass is 16.6. The number of carbonyl (C=O) groups excluding carboxylic acids is 1. The van der Waals surface area contributed by atoms with Crippen molar-refractivity contribution in [1.82, 2.24) is 9.80 Å². The summed E-state index contributed by atoms with van der Waals surface area (Å²) in [6, 6.07) is 0.592. The fraction of sp³-hybridized carbons (Fsp3) is 0.889. The van der Waals surface area contributed by atoms with Crippen LogP contribution in [0.2, 0.25) is 0 Å². The molecule has 1 amide bonds. The minimum atomic E-state index is -0.153. The number of amides is 1. The summed E-state index contributed by atoms with van der Waals surface area (Å²) in [5, 5.41) is 4.21. The van der Waals surface area contributed by atoms with Crippen LogP contribution in [0.15, 0.2) is 5.16 Å². The molecule has 2 heterocycles. The molecule has 138 valence electrons. The van der Waals surface area contributed by atoms with Crippen molar-refractivity contribution in [1.29, 1.82) is 0 Å². The van der Waals surface area contributed by atoms with Crippen LogP contribution >= 0.6 is 0 Å². The van der Waals surface area contributed by atoms with E-state index in [2.05, 4.69) is 17.0 Å². The highest BCUT2D eigenvalue weighted by Crippen LogP contribution is 2.26. The maximum Gasteiger partial charge on any atom is 0.409 e. The molecule has 0 aromatic carbocycles. The largest absolute Gasteiger partial charge is 0.450 e. The molecule has 0 bridgehead atoms. The summed E-state index contributed by atoms with van der Waals surface area (Å²) in [6.45, 7) is 8.35. The minimum Gasteiger partial charge on any atom is -0.450 e. The first-order chi connectivity index (χ1) is 11.7. The third-order valence-corrected chi connectivity index (χ3v) is 5.31. The molecule has 2 aliphatic heterocycles. The summed E-state index contributed by atoms with van der Waals surface area (Å²) < 4.78 is 5.14. The predicted octanol–water partition coefficient (Wildman–Crippen LogP) is 3.12. The summed E-state index contributed by atoms with van der Waals surface area (Å²) in [4.78, 5) is 21.4.